The molecule has 0 radical (unpaired) electrons. The second-order valence-corrected chi connectivity index (χ2v) is 7.17. The molecule has 84 valence electrons. The molecule has 0 fully saturated rings. The maximum Gasteiger partial charge on any atom is 0.166 e. The van der Waals surface area contributed by atoms with Gasteiger partial charge in [0.15, 0.2) is 5.78 Å². The van der Waals surface area contributed by atoms with Crippen LogP contribution in [0.2, 0.25) is 0 Å². The van der Waals surface area contributed by atoms with Gasteiger partial charge in [-0.2, -0.15) is 0 Å². The number of carbonyl (C=O) groups excluding carboxylic acids is 1. The van der Waals surface area contributed by atoms with E-state index in [-0.39, 0.29) is 11.2 Å². The molecule has 1 aromatic heterocycles. The molecule has 1 aromatic rings. The summed E-state index contributed by atoms with van der Waals surface area (Å²) in [6, 6.07) is 3.82. The highest BCUT2D eigenvalue weighted by molar-refractivity contribution is 9.11. The monoisotopic (exact) mass is 290 g/mol. The molecule has 4 heteroatoms. The number of aliphatic hydroxyl groups excluding tert-OH is 1. The average Bonchev–Trinajstić information content (AvgIpc) is 2.48. The highest BCUT2D eigenvalue weighted by atomic mass is 79.9. The van der Waals surface area contributed by atoms with Gasteiger partial charge in [0, 0.05) is 11.3 Å². The zero-order chi connectivity index (χ0) is 11.6. The second kappa shape index (κ2) is 4.76. The molecule has 0 aromatic carbocycles. The summed E-state index contributed by atoms with van der Waals surface area (Å²) in [6.07, 6.45) is -0.576. The Bertz CT molecular complexity index is 352. The van der Waals surface area contributed by atoms with Gasteiger partial charge in [0.05, 0.1) is 3.79 Å². The third-order valence-electron chi connectivity index (χ3n) is 2.10. The second-order valence-electron chi connectivity index (χ2n) is 4.62. The maximum absolute atomic E-state index is 11.7. The van der Waals surface area contributed by atoms with Gasteiger partial charge in [0.25, 0.3) is 0 Å². The lowest BCUT2D eigenvalue weighted by Gasteiger charge is -2.24. The highest BCUT2D eigenvalue weighted by Crippen LogP contribution is 2.25. The number of thiophene rings is 1. The van der Waals surface area contributed by atoms with Gasteiger partial charge >= 0.3 is 0 Å². The van der Waals surface area contributed by atoms with Crippen LogP contribution in [0, 0.1) is 5.41 Å². The Labute approximate surface area is 102 Å². The van der Waals surface area contributed by atoms with Crippen LogP contribution in [0.1, 0.15) is 25.6 Å². The molecule has 1 rings (SSSR count). The van der Waals surface area contributed by atoms with Crippen molar-refractivity contribution in [3.8, 4) is 0 Å². The molecule has 0 spiro atoms. The van der Waals surface area contributed by atoms with Gasteiger partial charge in [-0.25, -0.2) is 0 Å². The fourth-order valence-corrected chi connectivity index (χ4v) is 2.69. The molecule has 1 atom stereocenters. The highest BCUT2D eigenvalue weighted by Gasteiger charge is 2.28. The van der Waals surface area contributed by atoms with Gasteiger partial charge in [-0.15, -0.1) is 11.3 Å². The Hall–Kier alpha value is -0.190. The van der Waals surface area contributed by atoms with Gasteiger partial charge < -0.3 is 5.11 Å². The van der Waals surface area contributed by atoms with Gasteiger partial charge in [-0.3, -0.25) is 4.79 Å². The number of rotatable bonds is 3. The molecular weight excluding hydrogens is 276 g/mol. The Kier molecular flexibility index (Phi) is 4.09. The average molecular weight is 291 g/mol. The fourth-order valence-electron chi connectivity index (χ4n) is 1.20. The quantitative estimate of drug-likeness (QED) is 0.929. The van der Waals surface area contributed by atoms with Crippen LogP contribution in [-0.4, -0.2) is 17.0 Å². The molecule has 0 bridgehead atoms. The fraction of sp³-hybridized carbons (Fsp3) is 0.545. The van der Waals surface area contributed by atoms with E-state index >= 15 is 0 Å². The molecule has 15 heavy (non-hydrogen) atoms. The van der Waals surface area contributed by atoms with Crippen molar-refractivity contribution in [2.75, 3.05) is 0 Å². The summed E-state index contributed by atoms with van der Waals surface area (Å²) >= 11 is 4.87. The van der Waals surface area contributed by atoms with Crippen LogP contribution in [0.25, 0.3) is 0 Å². The molecule has 1 unspecified atom stereocenters. The number of ketones is 1. The van der Waals surface area contributed by atoms with Crippen molar-refractivity contribution in [2.24, 2.45) is 5.41 Å². The molecule has 0 saturated carbocycles. The molecule has 1 N–H and O–H groups in total. The molecule has 0 aliphatic heterocycles. The van der Waals surface area contributed by atoms with Gasteiger partial charge in [0.2, 0.25) is 0 Å². The van der Waals surface area contributed by atoms with Crippen LogP contribution < -0.4 is 0 Å². The van der Waals surface area contributed by atoms with Crippen LogP contribution in [0.4, 0.5) is 0 Å². The minimum atomic E-state index is -0.890. The lowest BCUT2D eigenvalue weighted by atomic mass is 9.85. The van der Waals surface area contributed by atoms with E-state index in [1.54, 1.807) is 0 Å². The first kappa shape index (κ1) is 12.9. The standard InChI is InChI=1S/C11H15BrO2S/c1-11(2,3)10(14)8(13)6-7-4-5-9(12)15-7/h4-5,10,14H,6H2,1-3H3. The summed E-state index contributed by atoms with van der Waals surface area (Å²) in [4.78, 5) is 12.7. The first-order valence-electron chi connectivity index (χ1n) is 4.75. The van der Waals surface area contributed by atoms with Crippen molar-refractivity contribution in [3.63, 3.8) is 0 Å². The van der Waals surface area contributed by atoms with E-state index in [2.05, 4.69) is 15.9 Å². The Balaban J connectivity index is 2.64. The third-order valence-corrected chi connectivity index (χ3v) is 3.73. The molecule has 0 aliphatic carbocycles. The normalized spacial score (nSPS) is 13.9. The predicted molar refractivity (Wildman–Crippen MR) is 66.2 cm³/mol. The zero-order valence-electron chi connectivity index (χ0n) is 9.08. The minimum Gasteiger partial charge on any atom is -0.385 e. The van der Waals surface area contributed by atoms with Crippen LogP contribution in [0.5, 0.6) is 0 Å². The topological polar surface area (TPSA) is 37.3 Å². The number of Topliss-reactive ketones (excluding diaryl/α,β-unsaturated/α-hetero) is 1. The van der Waals surface area contributed by atoms with E-state index in [9.17, 15) is 9.90 Å². The number of hydrogen-bond donors (Lipinski definition) is 1. The largest absolute Gasteiger partial charge is 0.385 e. The number of hydrogen-bond acceptors (Lipinski definition) is 3. The van der Waals surface area contributed by atoms with Crippen LogP contribution in [0.15, 0.2) is 15.9 Å². The maximum atomic E-state index is 11.7. The first-order chi connectivity index (χ1) is 6.80. The molecule has 0 aliphatic rings. The zero-order valence-corrected chi connectivity index (χ0v) is 11.5. The van der Waals surface area contributed by atoms with Crippen molar-refractivity contribution in [2.45, 2.75) is 33.3 Å². The molecular formula is C11H15BrO2S. The van der Waals surface area contributed by atoms with Gasteiger partial charge in [0.1, 0.15) is 6.10 Å². The number of carbonyl (C=O) groups is 1. The van der Waals surface area contributed by atoms with E-state index in [1.165, 1.54) is 11.3 Å². The van der Waals surface area contributed by atoms with Gasteiger partial charge in [-0.1, -0.05) is 20.8 Å². The molecule has 0 saturated heterocycles. The van der Waals surface area contributed by atoms with Crippen LogP contribution in [0.3, 0.4) is 0 Å². The number of aliphatic hydroxyl groups is 1. The lowest BCUT2D eigenvalue weighted by Crippen LogP contribution is -2.35. The SMILES string of the molecule is CC(C)(C)C(O)C(=O)Cc1ccc(Br)s1. The number of halogens is 1. The van der Waals surface area contributed by atoms with E-state index in [0.29, 0.717) is 6.42 Å². The lowest BCUT2D eigenvalue weighted by molar-refractivity contribution is -0.131. The van der Waals surface area contributed by atoms with E-state index in [1.807, 2.05) is 32.9 Å². The Morgan fingerprint density at radius 2 is 2.13 bits per heavy atom. The molecule has 0 amide bonds. The summed E-state index contributed by atoms with van der Waals surface area (Å²) in [7, 11) is 0. The molecule has 1 heterocycles. The minimum absolute atomic E-state index is 0.114. The van der Waals surface area contributed by atoms with Crippen molar-refractivity contribution < 1.29 is 9.90 Å². The summed E-state index contributed by atoms with van der Waals surface area (Å²) < 4.78 is 1.01. The first-order valence-corrected chi connectivity index (χ1v) is 6.36. The van der Waals surface area contributed by atoms with Crippen molar-refractivity contribution in [3.05, 3.63) is 20.8 Å². The predicted octanol–water partition coefficient (Wildman–Crippen LogP) is 3.03. The Morgan fingerprint density at radius 3 is 2.53 bits per heavy atom. The summed E-state index contributed by atoms with van der Waals surface area (Å²) in [5, 5.41) is 9.77. The summed E-state index contributed by atoms with van der Waals surface area (Å²) in [5.41, 5.74) is -0.383. The van der Waals surface area contributed by atoms with Crippen molar-refractivity contribution >= 4 is 33.0 Å². The van der Waals surface area contributed by atoms with Crippen LogP contribution in [-0.2, 0) is 11.2 Å². The molecule has 2 nitrogen and oxygen atoms in total. The van der Waals surface area contributed by atoms with Crippen molar-refractivity contribution in [1.29, 1.82) is 0 Å². The summed E-state index contributed by atoms with van der Waals surface area (Å²) in [5.74, 6) is -0.114. The van der Waals surface area contributed by atoms with E-state index < -0.39 is 6.10 Å². The van der Waals surface area contributed by atoms with E-state index in [4.69, 9.17) is 0 Å². The third kappa shape index (κ3) is 3.70. The summed E-state index contributed by atoms with van der Waals surface area (Å²) in [6.45, 7) is 5.58. The van der Waals surface area contributed by atoms with Gasteiger partial charge in [-0.05, 0) is 33.5 Å². The van der Waals surface area contributed by atoms with E-state index in [0.717, 1.165) is 8.66 Å². The van der Waals surface area contributed by atoms with Crippen molar-refractivity contribution in [1.82, 2.24) is 0 Å². The van der Waals surface area contributed by atoms with Crippen LogP contribution >= 0.6 is 27.3 Å². The Morgan fingerprint density at radius 1 is 1.53 bits per heavy atom. The smallest absolute Gasteiger partial charge is 0.166 e.